The number of benzene rings is 2. The van der Waals surface area contributed by atoms with Gasteiger partial charge in [0.2, 0.25) is 17.7 Å². The predicted octanol–water partition coefficient (Wildman–Crippen LogP) is 6.07. The van der Waals surface area contributed by atoms with E-state index in [0.29, 0.717) is 86.3 Å². The van der Waals surface area contributed by atoms with Gasteiger partial charge in [0, 0.05) is 59.2 Å². The van der Waals surface area contributed by atoms with Crippen molar-refractivity contribution in [3.8, 4) is 45.4 Å². The average Bonchev–Trinajstić information content (AvgIpc) is 3.49. The van der Waals surface area contributed by atoms with Gasteiger partial charge in [-0.2, -0.15) is 0 Å². The van der Waals surface area contributed by atoms with Gasteiger partial charge >= 0.3 is 0 Å². The Balaban J connectivity index is 1.40. The van der Waals surface area contributed by atoms with Crippen molar-refractivity contribution in [1.82, 2.24) is 35.3 Å². The van der Waals surface area contributed by atoms with E-state index < -0.39 is 16.1 Å². The zero-order valence-corrected chi connectivity index (χ0v) is 30.0. The van der Waals surface area contributed by atoms with Gasteiger partial charge in [-0.3, -0.25) is 14.8 Å². The second-order valence-electron chi connectivity index (χ2n) is 12.3. The lowest BCUT2D eigenvalue weighted by atomic mass is 9.98. The molecule has 1 aliphatic rings. The molecule has 48 heavy (non-hydrogen) atoms. The maximum atomic E-state index is 12.7. The molecule has 14 heteroatoms. The molecule has 3 heterocycles. The molecule has 0 spiro atoms. The van der Waals surface area contributed by atoms with Crippen LogP contribution < -0.4 is 24.8 Å². The van der Waals surface area contributed by atoms with E-state index in [1.54, 1.807) is 19.5 Å². The maximum absolute atomic E-state index is 12.7. The lowest BCUT2D eigenvalue weighted by Crippen LogP contribution is -2.40. The number of nitrogens with zero attached hydrogens (tertiary/aromatic N) is 4. The molecule has 254 valence electrons. The fourth-order valence-electron chi connectivity index (χ4n) is 5.23. The van der Waals surface area contributed by atoms with Crippen LogP contribution in [0.5, 0.6) is 11.8 Å². The van der Waals surface area contributed by atoms with Gasteiger partial charge in [-0.15, -0.1) is 4.72 Å². The number of aromatic nitrogens is 4. The summed E-state index contributed by atoms with van der Waals surface area (Å²) in [7, 11) is 3.07. The Bertz CT molecular complexity index is 1790. The Labute approximate surface area is 293 Å². The third-order valence-corrected chi connectivity index (χ3v) is 10.3. The molecule has 0 aliphatic carbocycles. The van der Waals surface area contributed by atoms with Crippen molar-refractivity contribution in [3.05, 3.63) is 70.2 Å². The summed E-state index contributed by atoms with van der Waals surface area (Å²) in [4.78, 5) is 30.1. The van der Waals surface area contributed by atoms with Gasteiger partial charge in [-0.1, -0.05) is 59.6 Å². The van der Waals surface area contributed by atoms with Crippen LogP contribution in [0, 0.1) is 0 Å². The molecule has 1 amide bonds. The number of nitrogens with one attached hydrogen (secondary N) is 3. The molecule has 0 radical (unpaired) electrons. The van der Waals surface area contributed by atoms with E-state index in [-0.39, 0.29) is 18.0 Å². The van der Waals surface area contributed by atoms with Gasteiger partial charge in [0.25, 0.3) is 0 Å². The van der Waals surface area contributed by atoms with Gasteiger partial charge in [0.15, 0.2) is 0 Å². The normalized spacial score (nSPS) is 16.0. The molecule has 3 atom stereocenters. The van der Waals surface area contributed by atoms with Gasteiger partial charge in [-0.05, 0) is 34.1 Å². The molecular weight excluding hydrogens is 673 g/mol. The van der Waals surface area contributed by atoms with Gasteiger partial charge in [0.05, 0.1) is 54.1 Å². The summed E-state index contributed by atoms with van der Waals surface area (Å²) in [6, 6.07) is 11.0. The third-order valence-electron chi connectivity index (χ3n) is 7.82. The first-order valence-corrected chi connectivity index (χ1v) is 17.4. The Kier molecular flexibility index (Phi) is 11.4. The molecule has 11 nitrogen and oxygen atoms in total. The predicted molar refractivity (Wildman–Crippen MR) is 189 cm³/mol. The van der Waals surface area contributed by atoms with E-state index in [4.69, 9.17) is 42.6 Å². The van der Waals surface area contributed by atoms with E-state index in [9.17, 15) is 9.35 Å². The van der Waals surface area contributed by atoms with Gasteiger partial charge in [-0.25, -0.2) is 9.97 Å². The standard InChI is InChI=1S/C34H39Cl2N7O4S/c1-19(43-48(45)34(2,3)4)31-33(47-6)42-26(18-39-31)24-12-8-10-22(30(24)36)21-9-7-11-23(29(21)35)25-17-38-27(32(41-25)46-5)16-37-15-20-13-14-28(44)40-20/h7-12,17-20,37,43H,13-16H2,1-6H3,(H,40,44)/t19-,20?,48?/m1/s1. The van der Waals surface area contributed by atoms with Crippen molar-refractivity contribution < 1.29 is 18.8 Å². The molecule has 1 fully saturated rings. The molecule has 1 saturated heterocycles. The highest BCUT2D eigenvalue weighted by Gasteiger charge is 2.30. The van der Waals surface area contributed by atoms with Crippen molar-refractivity contribution in [2.75, 3.05) is 20.8 Å². The highest BCUT2D eigenvalue weighted by atomic mass is 35.5. The Morgan fingerprint density at radius 2 is 1.52 bits per heavy atom. The van der Waals surface area contributed by atoms with Crippen molar-refractivity contribution >= 4 is 40.5 Å². The van der Waals surface area contributed by atoms with Crippen LogP contribution in [-0.2, 0) is 22.7 Å². The first kappa shape index (κ1) is 35.8. The van der Waals surface area contributed by atoms with Crippen LogP contribution in [0.25, 0.3) is 33.6 Å². The number of hydrogen-bond donors (Lipinski definition) is 3. The molecular formula is C34H39Cl2N7O4S. The summed E-state index contributed by atoms with van der Waals surface area (Å²) in [5, 5.41) is 7.15. The Hall–Kier alpha value is -3.52. The van der Waals surface area contributed by atoms with E-state index in [1.165, 1.54) is 7.11 Å². The van der Waals surface area contributed by atoms with Gasteiger partial charge < -0.3 is 24.7 Å². The van der Waals surface area contributed by atoms with E-state index in [0.717, 1.165) is 6.42 Å². The molecule has 0 bridgehead atoms. The fourth-order valence-corrected chi connectivity index (χ4v) is 6.67. The Morgan fingerprint density at radius 1 is 0.958 bits per heavy atom. The van der Waals surface area contributed by atoms with E-state index in [2.05, 4.69) is 25.3 Å². The topological polar surface area (TPSA) is 146 Å². The number of ether oxygens (including phenoxy) is 2. The summed E-state index contributed by atoms with van der Waals surface area (Å²) < 4.78 is 26.5. The summed E-state index contributed by atoms with van der Waals surface area (Å²) in [6.45, 7) is 8.61. The van der Waals surface area contributed by atoms with Crippen LogP contribution in [0.1, 0.15) is 58.0 Å². The minimum Gasteiger partial charge on any atom is -0.598 e. The van der Waals surface area contributed by atoms with Crippen molar-refractivity contribution in [2.24, 2.45) is 0 Å². The quantitative estimate of drug-likeness (QED) is 0.148. The molecule has 1 aliphatic heterocycles. The molecule has 0 saturated carbocycles. The average molecular weight is 713 g/mol. The first-order chi connectivity index (χ1) is 22.9. The minimum atomic E-state index is -1.31. The van der Waals surface area contributed by atoms with Crippen LogP contribution in [-0.4, -0.2) is 61.9 Å². The number of amides is 1. The summed E-state index contributed by atoms with van der Waals surface area (Å²) >= 11 is 12.8. The minimum absolute atomic E-state index is 0.0775. The first-order valence-electron chi connectivity index (χ1n) is 15.5. The highest BCUT2D eigenvalue weighted by Crippen LogP contribution is 2.42. The smallest absolute Gasteiger partial charge is 0.237 e. The lowest BCUT2D eigenvalue weighted by molar-refractivity contribution is -0.119. The second-order valence-corrected chi connectivity index (χ2v) is 15.1. The Morgan fingerprint density at radius 3 is 2.06 bits per heavy atom. The second kappa shape index (κ2) is 15.4. The molecule has 2 aromatic carbocycles. The van der Waals surface area contributed by atoms with E-state index >= 15 is 0 Å². The fraction of sp³-hybridized carbons (Fsp3) is 0.382. The van der Waals surface area contributed by atoms with Crippen molar-refractivity contribution in [3.63, 3.8) is 0 Å². The molecule has 3 N–H and O–H groups in total. The lowest BCUT2D eigenvalue weighted by Gasteiger charge is -2.26. The molecule has 4 aromatic rings. The zero-order chi connectivity index (χ0) is 34.6. The number of hydrogen-bond acceptors (Lipinski definition) is 10. The van der Waals surface area contributed by atoms with Crippen LogP contribution in [0.4, 0.5) is 0 Å². The summed E-state index contributed by atoms with van der Waals surface area (Å²) in [5.74, 6) is 0.757. The number of halogens is 2. The summed E-state index contributed by atoms with van der Waals surface area (Å²) in [6.07, 6.45) is 4.65. The monoisotopic (exact) mass is 711 g/mol. The number of carbonyl (C=O) groups excluding carboxylic acids is 1. The maximum Gasteiger partial charge on any atom is 0.237 e. The molecule has 2 aromatic heterocycles. The summed E-state index contributed by atoms with van der Waals surface area (Å²) in [5.41, 5.74) is 4.92. The molecule has 2 unspecified atom stereocenters. The number of carbonyl (C=O) groups is 1. The van der Waals surface area contributed by atoms with Gasteiger partial charge in [0.1, 0.15) is 16.1 Å². The van der Waals surface area contributed by atoms with Crippen LogP contribution >= 0.6 is 23.2 Å². The largest absolute Gasteiger partial charge is 0.598 e. The van der Waals surface area contributed by atoms with Crippen LogP contribution in [0.2, 0.25) is 10.0 Å². The zero-order valence-electron chi connectivity index (χ0n) is 27.7. The van der Waals surface area contributed by atoms with Crippen molar-refractivity contribution in [2.45, 2.75) is 63.9 Å². The van der Waals surface area contributed by atoms with Crippen LogP contribution in [0.3, 0.4) is 0 Å². The third kappa shape index (κ3) is 8.02. The molecule has 5 rings (SSSR count). The SMILES string of the molecule is COc1nc(-c2cccc(-c3cccc(-c4cnc([C@@H](C)N[S+]([O-])C(C)(C)C)c(OC)n4)c3Cl)c2Cl)cnc1CNCC1CCC(=O)N1. The number of methoxy groups -OCH3 is 2. The van der Waals surface area contributed by atoms with Crippen molar-refractivity contribution in [1.29, 1.82) is 0 Å². The highest BCUT2D eigenvalue weighted by molar-refractivity contribution is 7.90. The van der Waals surface area contributed by atoms with E-state index in [1.807, 2.05) is 64.1 Å². The number of rotatable bonds is 12. The van der Waals surface area contributed by atoms with Crippen LogP contribution in [0.15, 0.2) is 48.8 Å².